The molecule has 1 aliphatic rings. The summed E-state index contributed by atoms with van der Waals surface area (Å²) in [6.45, 7) is 17.2. The van der Waals surface area contributed by atoms with Gasteiger partial charge in [0.1, 0.15) is 24.4 Å². The minimum atomic E-state index is -0.318. The molecule has 0 aromatic carbocycles. The molecule has 1 aliphatic heterocycles. The van der Waals surface area contributed by atoms with Crippen molar-refractivity contribution >= 4 is 0 Å². The zero-order chi connectivity index (χ0) is 16.9. The normalized spacial score (nSPS) is 27.3. The fourth-order valence-electron chi connectivity index (χ4n) is 2.34. The van der Waals surface area contributed by atoms with E-state index in [2.05, 4.69) is 26.3 Å². The first-order valence-corrected chi connectivity index (χ1v) is 7.76. The average Bonchev–Trinajstić information content (AvgIpc) is 2.57. The highest BCUT2D eigenvalue weighted by Crippen LogP contribution is 2.24. The summed E-state index contributed by atoms with van der Waals surface area (Å²) in [5.41, 5.74) is 0. The van der Waals surface area contributed by atoms with E-state index in [9.17, 15) is 0 Å². The van der Waals surface area contributed by atoms with E-state index in [4.69, 9.17) is 23.7 Å². The fourth-order valence-corrected chi connectivity index (χ4v) is 2.34. The Morgan fingerprint density at radius 2 is 1.35 bits per heavy atom. The lowest BCUT2D eigenvalue weighted by Crippen LogP contribution is -2.57. The van der Waals surface area contributed by atoms with Crippen LogP contribution in [0.1, 0.15) is 0 Å². The number of rotatable bonds is 13. The first kappa shape index (κ1) is 19.8. The molecular weight excluding hydrogens is 296 g/mol. The molecule has 23 heavy (non-hydrogen) atoms. The highest BCUT2D eigenvalue weighted by molar-refractivity contribution is 4.92. The summed E-state index contributed by atoms with van der Waals surface area (Å²) in [5, 5.41) is 0. The summed E-state index contributed by atoms with van der Waals surface area (Å²) in [6.07, 6.45) is 5.72. The molecule has 1 saturated heterocycles. The molecule has 0 spiro atoms. The van der Waals surface area contributed by atoms with Gasteiger partial charge in [-0.05, 0) is 0 Å². The predicted molar refractivity (Wildman–Crippen MR) is 90.6 cm³/mol. The maximum atomic E-state index is 5.90. The van der Waals surface area contributed by atoms with Crippen LogP contribution >= 0.6 is 0 Å². The van der Waals surface area contributed by atoms with E-state index in [0.29, 0.717) is 39.6 Å². The minimum Gasteiger partial charge on any atom is -0.375 e. The molecule has 5 nitrogen and oxygen atoms in total. The van der Waals surface area contributed by atoms with E-state index < -0.39 is 0 Å². The molecule has 4 atom stereocenters. The van der Waals surface area contributed by atoms with E-state index in [1.165, 1.54) is 0 Å². The maximum absolute atomic E-state index is 5.90. The van der Waals surface area contributed by atoms with Crippen molar-refractivity contribution in [2.45, 2.75) is 24.4 Å². The molecule has 0 saturated carbocycles. The van der Waals surface area contributed by atoms with Gasteiger partial charge in [0.25, 0.3) is 0 Å². The van der Waals surface area contributed by atoms with Crippen LogP contribution in [0.3, 0.4) is 0 Å². The molecular formula is C18H28O5. The molecule has 130 valence electrons. The van der Waals surface area contributed by atoms with Crippen molar-refractivity contribution in [1.82, 2.24) is 0 Å². The van der Waals surface area contributed by atoms with E-state index >= 15 is 0 Å². The lowest BCUT2D eigenvalue weighted by Gasteiger charge is -2.41. The Balaban J connectivity index is 2.79. The van der Waals surface area contributed by atoms with E-state index in [1.54, 1.807) is 24.3 Å². The van der Waals surface area contributed by atoms with Gasteiger partial charge in [-0.1, -0.05) is 24.3 Å². The van der Waals surface area contributed by atoms with Crippen LogP contribution in [0.25, 0.3) is 0 Å². The van der Waals surface area contributed by atoms with Gasteiger partial charge >= 0.3 is 0 Å². The molecule has 0 aromatic heterocycles. The average molecular weight is 324 g/mol. The van der Waals surface area contributed by atoms with Crippen molar-refractivity contribution in [3.8, 4) is 0 Å². The Hall–Kier alpha value is -1.24. The van der Waals surface area contributed by atoms with Crippen molar-refractivity contribution < 1.29 is 23.7 Å². The van der Waals surface area contributed by atoms with Crippen LogP contribution in [-0.4, -0.2) is 64.1 Å². The van der Waals surface area contributed by atoms with Crippen LogP contribution < -0.4 is 0 Å². The second-order valence-electron chi connectivity index (χ2n) is 5.03. The van der Waals surface area contributed by atoms with Crippen molar-refractivity contribution in [3.63, 3.8) is 0 Å². The van der Waals surface area contributed by atoms with Gasteiger partial charge in [0.15, 0.2) is 0 Å². The van der Waals surface area contributed by atoms with Crippen LogP contribution in [0.2, 0.25) is 0 Å². The molecule has 5 heteroatoms. The zero-order valence-corrected chi connectivity index (χ0v) is 13.7. The summed E-state index contributed by atoms with van der Waals surface area (Å²) >= 11 is 0. The molecule has 0 bridgehead atoms. The molecule has 0 aliphatic carbocycles. The third kappa shape index (κ3) is 6.81. The SMILES string of the molecule is C=CCOC[C@H]1OC[C@@H](OCC=C)[C@H](OCC=C)[C@@H]1OCC=C. The maximum Gasteiger partial charge on any atom is 0.115 e. The standard InChI is InChI=1S/C18H28O5/c1-5-9-19-13-15-17(21-11-7-3)18(22-12-8-4)16(14-23-15)20-10-6-2/h5-8,15-18H,1-4,9-14H2/t15-,16-,17-,18+/m1/s1. The fraction of sp³-hybridized carbons (Fsp3) is 0.556. The molecule has 0 N–H and O–H groups in total. The third-order valence-corrected chi connectivity index (χ3v) is 3.29. The van der Waals surface area contributed by atoms with Gasteiger partial charge in [-0.2, -0.15) is 0 Å². The summed E-state index contributed by atoms with van der Waals surface area (Å²) in [6, 6.07) is 0. The van der Waals surface area contributed by atoms with Gasteiger partial charge in [-0.15, -0.1) is 26.3 Å². The van der Waals surface area contributed by atoms with E-state index in [1.807, 2.05) is 0 Å². The molecule has 1 heterocycles. The Morgan fingerprint density at radius 3 is 1.96 bits per heavy atom. The third-order valence-electron chi connectivity index (χ3n) is 3.29. The van der Waals surface area contributed by atoms with Gasteiger partial charge < -0.3 is 23.7 Å². The highest BCUT2D eigenvalue weighted by atomic mass is 16.6. The first-order chi connectivity index (χ1) is 11.3. The van der Waals surface area contributed by atoms with Gasteiger partial charge in [0, 0.05) is 0 Å². The van der Waals surface area contributed by atoms with Crippen LogP contribution in [0.15, 0.2) is 50.6 Å². The quantitative estimate of drug-likeness (QED) is 0.384. The van der Waals surface area contributed by atoms with Gasteiger partial charge in [-0.25, -0.2) is 0 Å². The molecule has 0 aromatic rings. The van der Waals surface area contributed by atoms with Crippen LogP contribution in [0.5, 0.6) is 0 Å². The van der Waals surface area contributed by atoms with Gasteiger partial charge in [0.05, 0.1) is 39.6 Å². The molecule has 0 amide bonds. The Bertz CT molecular complexity index is 368. The van der Waals surface area contributed by atoms with E-state index in [-0.39, 0.29) is 24.4 Å². The Morgan fingerprint density at radius 1 is 0.783 bits per heavy atom. The summed E-state index contributed by atoms with van der Waals surface area (Å²) < 4.78 is 28.9. The smallest absolute Gasteiger partial charge is 0.115 e. The van der Waals surface area contributed by atoms with Gasteiger partial charge in [0.2, 0.25) is 0 Å². The number of ether oxygens (including phenoxy) is 5. The van der Waals surface area contributed by atoms with Gasteiger partial charge in [-0.3, -0.25) is 0 Å². The van der Waals surface area contributed by atoms with Crippen molar-refractivity contribution in [2.24, 2.45) is 0 Å². The van der Waals surface area contributed by atoms with Crippen LogP contribution in [-0.2, 0) is 23.7 Å². The van der Waals surface area contributed by atoms with Crippen molar-refractivity contribution in [3.05, 3.63) is 50.6 Å². The predicted octanol–water partition coefficient (Wildman–Crippen LogP) is 2.30. The molecule has 1 fully saturated rings. The number of hydrogen-bond donors (Lipinski definition) is 0. The summed E-state index contributed by atoms with van der Waals surface area (Å²) in [4.78, 5) is 0. The Labute approximate surface area is 139 Å². The Kier molecular flexibility index (Phi) is 10.5. The second kappa shape index (κ2) is 12.2. The van der Waals surface area contributed by atoms with Crippen molar-refractivity contribution in [1.29, 1.82) is 0 Å². The van der Waals surface area contributed by atoms with Crippen molar-refractivity contribution in [2.75, 3.05) is 39.6 Å². The molecule has 0 radical (unpaired) electrons. The largest absolute Gasteiger partial charge is 0.375 e. The number of hydrogen-bond acceptors (Lipinski definition) is 5. The van der Waals surface area contributed by atoms with Crippen LogP contribution in [0, 0.1) is 0 Å². The lowest BCUT2D eigenvalue weighted by molar-refractivity contribution is -0.231. The highest BCUT2D eigenvalue weighted by Gasteiger charge is 2.42. The summed E-state index contributed by atoms with van der Waals surface area (Å²) in [5.74, 6) is 0. The second-order valence-corrected chi connectivity index (χ2v) is 5.03. The first-order valence-electron chi connectivity index (χ1n) is 7.76. The molecule has 1 rings (SSSR count). The van der Waals surface area contributed by atoms with Crippen LogP contribution in [0.4, 0.5) is 0 Å². The monoisotopic (exact) mass is 324 g/mol. The summed E-state index contributed by atoms with van der Waals surface area (Å²) in [7, 11) is 0. The van der Waals surface area contributed by atoms with E-state index in [0.717, 1.165) is 0 Å². The lowest BCUT2D eigenvalue weighted by atomic mass is 9.99. The minimum absolute atomic E-state index is 0.238. The zero-order valence-electron chi connectivity index (χ0n) is 13.7. The molecule has 0 unspecified atom stereocenters. The topological polar surface area (TPSA) is 46.2 Å².